The Balaban J connectivity index is 1.60. The summed E-state index contributed by atoms with van der Waals surface area (Å²) >= 11 is 1.69. The van der Waals surface area contributed by atoms with Crippen LogP contribution in [-0.4, -0.2) is 26.2 Å². The molecule has 0 radical (unpaired) electrons. The zero-order valence-electron chi connectivity index (χ0n) is 13.8. The Bertz CT molecular complexity index is 970. The molecule has 0 bridgehead atoms. The summed E-state index contributed by atoms with van der Waals surface area (Å²) in [5.41, 5.74) is 1.80. The van der Waals surface area contributed by atoms with Gasteiger partial charge in [-0.25, -0.2) is 4.98 Å². The van der Waals surface area contributed by atoms with Crippen LogP contribution in [0, 0.1) is 0 Å². The number of hydrogen-bond donors (Lipinski definition) is 1. The summed E-state index contributed by atoms with van der Waals surface area (Å²) < 4.78 is 7.65. The van der Waals surface area contributed by atoms with Crippen molar-refractivity contribution in [3.05, 3.63) is 49.1 Å². The molecule has 0 amide bonds. The normalized spacial score (nSPS) is 11.4. The van der Waals surface area contributed by atoms with E-state index < -0.39 is 0 Å². The van der Waals surface area contributed by atoms with Crippen molar-refractivity contribution < 1.29 is 9.52 Å². The first-order chi connectivity index (χ1) is 12.4. The lowest BCUT2D eigenvalue weighted by atomic mass is 10.2. The number of unbranched alkanes of at least 4 members (excludes halogenated alkanes) is 2. The second kappa shape index (κ2) is 7.21. The van der Waals surface area contributed by atoms with E-state index in [-0.39, 0.29) is 6.61 Å². The first-order valence-corrected chi connectivity index (χ1v) is 9.23. The quantitative estimate of drug-likeness (QED) is 0.494. The second-order valence-electron chi connectivity index (χ2n) is 5.88. The highest BCUT2D eigenvalue weighted by atomic mass is 32.1. The van der Waals surface area contributed by atoms with E-state index in [1.807, 2.05) is 24.5 Å². The Kier molecular flexibility index (Phi) is 4.63. The number of fused-ring (bicyclic) bond motifs is 1. The number of aromatic nitrogens is 3. The Labute approximate surface area is 149 Å². The van der Waals surface area contributed by atoms with Gasteiger partial charge in [0.25, 0.3) is 0 Å². The van der Waals surface area contributed by atoms with Crippen molar-refractivity contribution in [3.63, 3.8) is 0 Å². The SMILES string of the molecule is OCCCCCn1ccnc1-c1ccc(-c2nccc3occc23)s1. The molecule has 0 saturated carbocycles. The van der Waals surface area contributed by atoms with Gasteiger partial charge in [-0.05, 0) is 43.5 Å². The van der Waals surface area contributed by atoms with Gasteiger partial charge >= 0.3 is 0 Å². The third-order valence-corrected chi connectivity index (χ3v) is 5.30. The zero-order valence-corrected chi connectivity index (χ0v) is 14.6. The molecule has 4 aromatic heterocycles. The van der Waals surface area contributed by atoms with Crippen LogP contribution in [0.25, 0.3) is 32.2 Å². The summed E-state index contributed by atoms with van der Waals surface area (Å²) in [5.74, 6) is 0.986. The van der Waals surface area contributed by atoms with Crippen LogP contribution in [0.1, 0.15) is 19.3 Å². The van der Waals surface area contributed by atoms with E-state index in [2.05, 4.69) is 26.7 Å². The Morgan fingerprint density at radius 2 is 1.92 bits per heavy atom. The second-order valence-corrected chi connectivity index (χ2v) is 6.97. The average molecular weight is 353 g/mol. The van der Waals surface area contributed by atoms with Crippen LogP contribution in [0.3, 0.4) is 0 Å². The lowest BCUT2D eigenvalue weighted by molar-refractivity contribution is 0.282. The smallest absolute Gasteiger partial charge is 0.150 e. The molecule has 0 aromatic carbocycles. The highest BCUT2D eigenvalue weighted by Crippen LogP contribution is 2.36. The van der Waals surface area contributed by atoms with Gasteiger partial charge < -0.3 is 14.1 Å². The average Bonchev–Trinajstić information content (AvgIpc) is 3.37. The highest BCUT2D eigenvalue weighted by molar-refractivity contribution is 7.18. The van der Waals surface area contributed by atoms with Gasteiger partial charge in [0.1, 0.15) is 11.4 Å². The first-order valence-electron chi connectivity index (χ1n) is 8.41. The van der Waals surface area contributed by atoms with E-state index in [1.54, 1.807) is 23.8 Å². The molecule has 0 aliphatic rings. The molecular formula is C19H19N3O2S. The molecule has 128 valence electrons. The fraction of sp³-hybridized carbons (Fsp3) is 0.263. The van der Waals surface area contributed by atoms with Gasteiger partial charge in [0.2, 0.25) is 0 Å². The summed E-state index contributed by atoms with van der Waals surface area (Å²) in [5, 5.41) is 9.93. The Morgan fingerprint density at radius 1 is 1.00 bits per heavy atom. The number of furan rings is 1. The van der Waals surface area contributed by atoms with Crippen molar-refractivity contribution in [2.45, 2.75) is 25.8 Å². The molecule has 25 heavy (non-hydrogen) atoms. The van der Waals surface area contributed by atoms with E-state index in [9.17, 15) is 0 Å². The van der Waals surface area contributed by atoms with Crippen molar-refractivity contribution >= 4 is 22.3 Å². The maximum atomic E-state index is 8.90. The number of pyridine rings is 1. The molecule has 4 rings (SSSR count). The third-order valence-electron chi connectivity index (χ3n) is 4.21. The van der Waals surface area contributed by atoms with Crippen LogP contribution in [0.4, 0.5) is 0 Å². The lowest BCUT2D eigenvalue weighted by Crippen LogP contribution is -1.99. The van der Waals surface area contributed by atoms with Gasteiger partial charge in [0.05, 0.1) is 21.7 Å². The first kappa shape index (κ1) is 16.1. The molecule has 0 aliphatic heterocycles. The maximum Gasteiger partial charge on any atom is 0.150 e. The lowest BCUT2D eigenvalue weighted by Gasteiger charge is -2.06. The summed E-state index contributed by atoms with van der Waals surface area (Å²) in [7, 11) is 0. The van der Waals surface area contributed by atoms with Gasteiger partial charge in [-0.15, -0.1) is 11.3 Å². The van der Waals surface area contributed by atoms with E-state index in [0.717, 1.165) is 58.0 Å². The van der Waals surface area contributed by atoms with E-state index in [4.69, 9.17) is 9.52 Å². The largest absolute Gasteiger partial charge is 0.464 e. The number of aryl methyl sites for hydroxylation is 1. The molecule has 0 spiro atoms. The maximum absolute atomic E-state index is 8.90. The molecule has 0 unspecified atom stereocenters. The van der Waals surface area contributed by atoms with Crippen molar-refractivity contribution in [1.29, 1.82) is 0 Å². The molecule has 6 heteroatoms. The molecule has 0 fully saturated rings. The zero-order chi connectivity index (χ0) is 17.1. The molecular weight excluding hydrogens is 334 g/mol. The van der Waals surface area contributed by atoms with Gasteiger partial charge in [-0.1, -0.05) is 0 Å². The van der Waals surface area contributed by atoms with Gasteiger partial charge in [0, 0.05) is 37.1 Å². The van der Waals surface area contributed by atoms with Gasteiger partial charge in [0.15, 0.2) is 0 Å². The summed E-state index contributed by atoms with van der Waals surface area (Å²) in [6, 6.07) is 8.04. The van der Waals surface area contributed by atoms with Crippen LogP contribution in [-0.2, 0) is 6.54 Å². The molecule has 5 nitrogen and oxygen atoms in total. The van der Waals surface area contributed by atoms with Gasteiger partial charge in [-0.2, -0.15) is 0 Å². The number of aliphatic hydroxyl groups excluding tert-OH is 1. The van der Waals surface area contributed by atoms with E-state index in [0.29, 0.717) is 0 Å². The number of thiophene rings is 1. The summed E-state index contributed by atoms with van der Waals surface area (Å²) in [4.78, 5) is 11.3. The molecule has 0 atom stereocenters. The van der Waals surface area contributed by atoms with Crippen molar-refractivity contribution in [3.8, 4) is 21.3 Å². The monoisotopic (exact) mass is 353 g/mol. The number of rotatable bonds is 7. The third kappa shape index (κ3) is 3.23. The molecule has 4 heterocycles. The summed E-state index contributed by atoms with van der Waals surface area (Å²) in [6.07, 6.45) is 10.3. The minimum atomic E-state index is 0.262. The predicted octanol–water partition coefficient (Wildman–Crippen LogP) is 4.58. The molecule has 0 saturated heterocycles. The predicted molar refractivity (Wildman–Crippen MR) is 99.5 cm³/mol. The van der Waals surface area contributed by atoms with Crippen molar-refractivity contribution in [2.24, 2.45) is 0 Å². The molecule has 1 N–H and O–H groups in total. The number of imidazole rings is 1. The molecule has 4 aromatic rings. The van der Waals surface area contributed by atoms with Crippen LogP contribution >= 0.6 is 11.3 Å². The Morgan fingerprint density at radius 3 is 2.84 bits per heavy atom. The standard InChI is InChI=1S/C19H19N3O2S/c23-12-3-1-2-10-22-11-9-21-19(22)17-5-4-16(25-17)18-14-7-13-24-15(14)6-8-20-18/h4-9,11,13,23H,1-3,10,12H2. The minimum Gasteiger partial charge on any atom is -0.464 e. The topological polar surface area (TPSA) is 64.1 Å². The van der Waals surface area contributed by atoms with E-state index in [1.165, 1.54) is 0 Å². The highest BCUT2D eigenvalue weighted by Gasteiger charge is 2.13. The van der Waals surface area contributed by atoms with Crippen LogP contribution in [0.2, 0.25) is 0 Å². The van der Waals surface area contributed by atoms with E-state index >= 15 is 0 Å². The molecule has 0 aliphatic carbocycles. The van der Waals surface area contributed by atoms with Crippen LogP contribution in [0.15, 0.2) is 53.5 Å². The van der Waals surface area contributed by atoms with Crippen LogP contribution < -0.4 is 0 Å². The van der Waals surface area contributed by atoms with Crippen molar-refractivity contribution in [2.75, 3.05) is 6.61 Å². The Hall–Kier alpha value is -2.44. The number of hydrogen-bond acceptors (Lipinski definition) is 5. The fourth-order valence-electron chi connectivity index (χ4n) is 2.96. The summed E-state index contributed by atoms with van der Waals surface area (Å²) in [6.45, 7) is 1.18. The van der Waals surface area contributed by atoms with Crippen molar-refractivity contribution in [1.82, 2.24) is 14.5 Å². The fourth-order valence-corrected chi connectivity index (χ4v) is 3.99. The van der Waals surface area contributed by atoms with Crippen LogP contribution in [0.5, 0.6) is 0 Å². The number of nitrogens with zero attached hydrogens (tertiary/aromatic N) is 3. The minimum absolute atomic E-state index is 0.262. The number of aliphatic hydroxyl groups is 1. The van der Waals surface area contributed by atoms with Gasteiger partial charge in [-0.3, -0.25) is 4.98 Å².